The zero-order valence-electron chi connectivity index (χ0n) is 10.2. The summed E-state index contributed by atoms with van der Waals surface area (Å²) in [7, 11) is 0. The van der Waals surface area contributed by atoms with E-state index in [2.05, 4.69) is 10.6 Å². The largest absolute Gasteiger partial charge is 0.480 e. The molecular formula is C11H20N2O3S. The van der Waals surface area contributed by atoms with Gasteiger partial charge in [-0.25, -0.2) is 9.59 Å². The van der Waals surface area contributed by atoms with Gasteiger partial charge in [0.05, 0.1) is 0 Å². The Morgan fingerprint density at radius 2 is 2.12 bits per heavy atom. The fourth-order valence-corrected chi connectivity index (χ4v) is 2.81. The summed E-state index contributed by atoms with van der Waals surface area (Å²) >= 11 is 1.82. The highest BCUT2D eigenvalue weighted by Crippen LogP contribution is 2.16. The van der Waals surface area contributed by atoms with Gasteiger partial charge in [0.15, 0.2) is 0 Å². The van der Waals surface area contributed by atoms with Crippen molar-refractivity contribution in [3.05, 3.63) is 0 Å². The Balaban J connectivity index is 2.38. The lowest BCUT2D eigenvalue weighted by Gasteiger charge is -2.24. The summed E-state index contributed by atoms with van der Waals surface area (Å²) in [6.45, 7) is 3.55. The average molecular weight is 260 g/mol. The molecule has 98 valence electrons. The maximum atomic E-state index is 11.6. The van der Waals surface area contributed by atoms with E-state index in [-0.39, 0.29) is 18.0 Å². The van der Waals surface area contributed by atoms with Crippen LogP contribution in [0, 0.1) is 5.92 Å². The number of thioether (sulfide) groups is 1. The lowest BCUT2D eigenvalue weighted by molar-refractivity contribution is -0.140. The molecule has 1 unspecified atom stereocenters. The summed E-state index contributed by atoms with van der Waals surface area (Å²) in [5, 5.41) is 14.3. The molecule has 0 spiro atoms. The number of rotatable bonds is 4. The van der Waals surface area contributed by atoms with Crippen LogP contribution in [0.2, 0.25) is 0 Å². The normalized spacial score (nSPS) is 21.9. The second-order valence-corrected chi connectivity index (χ2v) is 5.74. The number of carboxylic acids is 1. The summed E-state index contributed by atoms with van der Waals surface area (Å²) in [6, 6.07) is -1.04. The van der Waals surface area contributed by atoms with Gasteiger partial charge >= 0.3 is 12.0 Å². The van der Waals surface area contributed by atoms with Crippen LogP contribution in [-0.2, 0) is 4.79 Å². The molecule has 0 aliphatic carbocycles. The summed E-state index contributed by atoms with van der Waals surface area (Å²) in [5.74, 6) is 0.934. The van der Waals surface area contributed by atoms with Crippen molar-refractivity contribution in [1.29, 1.82) is 0 Å². The molecule has 1 rings (SSSR count). The zero-order valence-corrected chi connectivity index (χ0v) is 11.0. The SMILES string of the molecule is CC(C)[C@H](NC(=O)NC1CCCSC1)C(=O)O. The van der Waals surface area contributed by atoms with Crippen LogP contribution < -0.4 is 10.6 Å². The summed E-state index contributed by atoms with van der Waals surface area (Å²) in [5.41, 5.74) is 0. The molecule has 0 aromatic carbocycles. The smallest absolute Gasteiger partial charge is 0.326 e. The molecule has 0 aromatic heterocycles. The van der Waals surface area contributed by atoms with Gasteiger partial charge in [-0.05, 0) is 24.5 Å². The highest BCUT2D eigenvalue weighted by Gasteiger charge is 2.24. The predicted octanol–water partition coefficient (Wildman–Crippen LogP) is 1.29. The van der Waals surface area contributed by atoms with Gasteiger partial charge in [0.1, 0.15) is 6.04 Å². The molecule has 1 fully saturated rings. The standard InChI is InChI=1S/C11H20N2O3S/c1-7(2)9(10(14)15)13-11(16)12-8-4-3-5-17-6-8/h7-9H,3-6H2,1-2H3,(H,14,15)(H2,12,13,16)/t8?,9-/m0/s1. The number of carboxylic acid groups (broad SMARTS) is 1. The molecule has 2 atom stereocenters. The molecule has 0 aromatic rings. The van der Waals surface area contributed by atoms with E-state index < -0.39 is 12.0 Å². The van der Waals surface area contributed by atoms with Gasteiger partial charge in [0.2, 0.25) is 0 Å². The molecule has 6 heteroatoms. The minimum Gasteiger partial charge on any atom is -0.480 e. The van der Waals surface area contributed by atoms with Gasteiger partial charge in [-0.2, -0.15) is 11.8 Å². The molecule has 2 amide bonds. The molecular weight excluding hydrogens is 240 g/mol. The van der Waals surface area contributed by atoms with Gasteiger partial charge in [0, 0.05) is 11.8 Å². The average Bonchev–Trinajstić information content (AvgIpc) is 2.26. The second-order valence-electron chi connectivity index (χ2n) is 4.59. The quantitative estimate of drug-likeness (QED) is 0.711. The number of hydrogen-bond acceptors (Lipinski definition) is 3. The third kappa shape index (κ3) is 4.85. The lowest BCUT2D eigenvalue weighted by Crippen LogP contribution is -2.51. The van der Waals surface area contributed by atoms with E-state index >= 15 is 0 Å². The Morgan fingerprint density at radius 3 is 2.59 bits per heavy atom. The highest BCUT2D eigenvalue weighted by atomic mass is 32.2. The van der Waals surface area contributed by atoms with Crippen LogP contribution >= 0.6 is 11.8 Å². The van der Waals surface area contributed by atoms with Gasteiger partial charge in [0.25, 0.3) is 0 Å². The first-order chi connectivity index (χ1) is 8.00. The van der Waals surface area contributed by atoms with Crippen molar-refractivity contribution < 1.29 is 14.7 Å². The molecule has 3 N–H and O–H groups in total. The minimum atomic E-state index is -0.992. The number of carbonyl (C=O) groups excluding carboxylic acids is 1. The Kier molecular flexibility index (Phi) is 5.61. The van der Waals surface area contributed by atoms with Crippen LogP contribution in [0.3, 0.4) is 0 Å². The third-order valence-electron chi connectivity index (χ3n) is 2.71. The van der Waals surface area contributed by atoms with Crippen LogP contribution in [0.15, 0.2) is 0 Å². The van der Waals surface area contributed by atoms with E-state index in [1.807, 2.05) is 11.8 Å². The second kappa shape index (κ2) is 6.74. The first-order valence-corrected chi connectivity index (χ1v) is 7.03. The molecule has 1 aliphatic heterocycles. The van der Waals surface area contributed by atoms with E-state index in [9.17, 15) is 9.59 Å². The molecule has 1 heterocycles. The molecule has 0 radical (unpaired) electrons. The first kappa shape index (κ1) is 14.2. The van der Waals surface area contributed by atoms with Crippen LogP contribution in [0.25, 0.3) is 0 Å². The van der Waals surface area contributed by atoms with Crippen LogP contribution in [-0.4, -0.2) is 40.7 Å². The van der Waals surface area contributed by atoms with E-state index in [1.54, 1.807) is 13.8 Å². The Morgan fingerprint density at radius 1 is 1.41 bits per heavy atom. The topological polar surface area (TPSA) is 78.4 Å². The fourth-order valence-electron chi connectivity index (χ4n) is 1.74. The van der Waals surface area contributed by atoms with E-state index in [0.717, 1.165) is 24.3 Å². The van der Waals surface area contributed by atoms with Crippen molar-refractivity contribution in [1.82, 2.24) is 10.6 Å². The lowest BCUT2D eigenvalue weighted by atomic mass is 10.1. The molecule has 0 bridgehead atoms. The zero-order chi connectivity index (χ0) is 12.8. The van der Waals surface area contributed by atoms with Crippen LogP contribution in [0.5, 0.6) is 0 Å². The van der Waals surface area contributed by atoms with E-state index in [4.69, 9.17) is 5.11 Å². The number of amides is 2. The Hall–Kier alpha value is -0.910. The molecule has 1 saturated heterocycles. The maximum Gasteiger partial charge on any atom is 0.326 e. The van der Waals surface area contributed by atoms with Crippen molar-refractivity contribution in [3.8, 4) is 0 Å². The molecule has 17 heavy (non-hydrogen) atoms. The van der Waals surface area contributed by atoms with Crippen molar-refractivity contribution >= 4 is 23.8 Å². The van der Waals surface area contributed by atoms with Crippen LogP contribution in [0.1, 0.15) is 26.7 Å². The number of nitrogens with one attached hydrogen (secondary N) is 2. The van der Waals surface area contributed by atoms with E-state index in [1.165, 1.54) is 0 Å². The van der Waals surface area contributed by atoms with Gasteiger partial charge in [-0.1, -0.05) is 13.8 Å². The molecule has 5 nitrogen and oxygen atoms in total. The fraction of sp³-hybridized carbons (Fsp3) is 0.818. The summed E-state index contributed by atoms with van der Waals surface area (Å²) in [4.78, 5) is 22.6. The summed E-state index contributed by atoms with van der Waals surface area (Å²) in [6.07, 6.45) is 2.07. The Bertz CT molecular complexity index is 278. The van der Waals surface area contributed by atoms with Gasteiger partial charge < -0.3 is 15.7 Å². The van der Waals surface area contributed by atoms with Crippen molar-refractivity contribution in [2.45, 2.75) is 38.8 Å². The third-order valence-corrected chi connectivity index (χ3v) is 3.93. The predicted molar refractivity (Wildman–Crippen MR) is 68.3 cm³/mol. The number of hydrogen-bond donors (Lipinski definition) is 3. The van der Waals surface area contributed by atoms with Crippen molar-refractivity contribution in [2.24, 2.45) is 5.92 Å². The van der Waals surface area contributed by atoms with Crippen molar-refractivity contribution in [2.75, 3.05) is 11.5 Å². The number of carbonyl (C=O) groups is 2. The van der Waals surface area contributed by atoms with Gasteiger partial charge in [-0.3, -0.25) is 0 Å². The van der Waals surface area contributed by atoms with Crippen molar-refractivity contribution in [3.63, 3.8) is 0 Å². The molecule has 1 aliphatic rings. The number of urea groups is 1. The summed E-state index contributed by atoms with van der Waals surface area (Å²) < 4.78 is 0. The molecule has 0 saturated carbocycles. The number of aliphatic carboxylic acids is 1. The first-order valence-electron chi connectivity index (χ1n) is 5.88. The minimum absolute atomic E-state index is 0.126. The maximum absolute atomic E-state index is 11.6. The highest BCUT2D eigenvalue weighted by molar-refractivity contribution is 7.99. The van der Waals surface area contributed by atoms with E-state index in [0.29, 0.717) is 0 Å². The van der Waals surface area contributed by atoms with Crippen LogP contribution in [0.4, 0.5) is 4.79 Å². The van der Waals surface area contributed by atoms with Gasteiger partial charge in [-0.15, -0.1) is 0 Å². The monoisotopic (exact) mass is 260 g/mol. The Labute approximate surface area is 106 Å².